The molecule has 3 heteroatoms. The van der Waals surface area contributed by atoms with Gasteiger partial charge in [0, 0.05) is 12.2 Å². The molecule has 0 spiro atoms. The number of aryl methyl sites for hydroxylation is 1. The lowest BCUT2D eigenvalue weighted by atomic mass is 10.2. The maximum atomic E-state index is 5.65. The fraction of sp³-hybridized carbons (Fsp3) is 0.700. The lowest BCUT2D eigenvalue weighted by Gasteiger charge is -1.99. The second kappa shape index (κ2) is 3.50. The van der Waals surface area contributed by atoms with E-state index in [0.717, 1.165) is 18.8 Å². The van der Waals surface area contributed by atoms with Crippen LogP contribution in [0.1, 0.15) is 37.0 Å². The number of hydrogen-bond acceptors (Lipinski definition) is 2. The first-order valence-corrected chi connectivity index (χ1v) is 5.14. The van der Waals surface area contributed by atoms with Crippen LogP contribution in [0.15, 0.2) is 0 Å². The molecule has 3 nitrogen and oxygen atoms in total. The second-order valence-electron chi connectivity index (χ2n) is 3.63. The van der Waals surface area contributed by atoms with Gasteiger partial charge in [0.25, 0.3) is 0 Å². The maximum Gasteiger partial charge on any atom is 0.122 e. The second-order valence-corrected chi connectivity index (χ2v) is 3.63. The van der Waals surface area contributed by atoms with E-state index in [1.54, 1.807) is 0 Å². The molecular formula is C10H17N3. The number of fused-ring (bicyclic) bond motifs is 1. The topological polar surface area (TPSA) is 43.8 Å². The molecule has 13 heavy (non-hydrogen) atoms. The molecule has 0 saturated heterocycles. The largest absolute Gasteiger partial charge is 0.331 e. The Labute approximate surface area is 79.0 Å². The average Bonchev–Trinajstić information content (AvgIpc) is 2.68. The van der Waals surface area contributed by atoms with Crippen molar-refractivity contribution in [3.05, 3.63) is 17.2 Å². The Morgan fingerprint density at radius 2 is 2.38 bits per heavy atom. The van der Waals surface area contributed by atoms with E-state index >= 15 is 0 Å². The summed E-state index contributed by atoms with van der Waals surface area (Å²) >= 11 is 0. The molecule has 0 fully saturated rings. The van der Waals surface area contributed by atoms with Gasteiger partial charge >= 0.3 is 0 Å². The van der Waals surface area contributed by atoms with Crippen LogP contribution in [-0.4, -0.2) is 9.55 Å². The Morgan fingerprint density at radius 1 is 1.54 bits per heavy atom. The van der Waals surface area contributed by atoms with Gasteiger partial charge in [0.15, 0.2) is 0 Å². The number of hydrogen-bond donors (Lipinski definition) is 1. The summed E-state index contributed by atoms with van der Waals surface area (Å²) in [6, 6.07) is 0. The third kappa shape index (κ3) is 1.37. The summed E-state index contributed by atoms with van der Waals surface area (Å²) in [4.78, 5) is 4.58. The molecule has 2 N–H and O–H groups in total. The van der Waals surface area contributed by atoms with E-state index in [2.05, 4.69) is 16.5 Å². The third-order valence-corrected chi connectivity index (χ3v) is 2.70. The molecule has 72 valence electrons. The van der Waals surface area contributed by atoms with Gasteiger partial charge in [-0.15, -0.1) is 0 Å². The van der Waals surface area contributed by atoms with Crippen molar-refractivity contribution in [3.8, 4) is 0 Å². The number of rotatable bonds is 3. The van der Waals surface area contributed by atoms with Crippen LogP contribution >= 0.6 is 0 Å². The van der Waals surface area contributed by atoms with E-state index < -0.39 is 0 Å². The quantitative estimate of drug-likeness (QED) is 0.758. The summed E-state index contributed by atoms with van der Waals surface area (Å²) in [6.45, 7) is 3.90. The lowest BCUT2D eigenvalue weighted by molar-refractivity contribution is 0.689. The van der Waals surface area contributed by atoms with Gasteiger partial charge in [-0.1, -0.05) is 13.3 Å². The van der Waals surface area contributed by atoms with Gasteiger partial charge in [-0.05, 0) is 19.3 Å². The SMILES string of the molecule is CCCc1nc(CN)n2c1CCC2. The van der Waals surface area contributed by atoms with Gasteiger partial charge in [-0.25, -0.2) is 4.98 Å². The maximum absolute atomic E-state index is 5.65. The van der Waals surface area contributed by atoms with Crippen molar-refractivity contribution in [3.63, 3.8) is 0 Å². The molecule has 2 heterocycles. The van der Waals surface area contributed by atoms with Gasteiger partial charge in [0.05, 0.1) is 12.2 Å². The van der Waals surface area contributed by atoms with Crippen LogP contribution in [0, 0.1) is 0 Å². The van der Waals surface area contributed by atoms with Gasteiger partial charge in [-0.2, -0.15) is 0 Å². The summed E-state index contributed by atoms with van der Waals surface area (Å²) in [7, 11) is 0. The van der Waals surface area contributed by atoms with Crippen molar-refractivity contribution in [2.24, 2.45) is 5.73 Å². The zero-order valence-electron chi connectivity index (χ0n) is 8.21. The van der Waals surface area contributed by atoms with Crippen LogP contribution in [0.25, 0.3) is 0 Å². The first-order chi connectivity index (χ1) is 6.36. The highest BCUT2D eigenvalue weighted by atomic mass is 15.1. The van der Waals surface area contributed by atoms with Crippen molar-refractivity contribution in [2.45, 2.75) is 45.7 Å². The van der Waals surface area contributed by atoms with Crippen molar-refractivity contribution in [1.29, 1.82) is 0 Å². The summed E-state index contributed by atoms with van der Waals surface area (Å²) in [5, 5.41) is 0. The standard InChI is InChI=1S/C10H17N3/c1-2-4-8-9-5-3-6-13(9)10(7-11)12-8/h2-7,11H2,1H3. The van der Waals surface area contributed by atoms with E-state index in [1.807, 2.05) is 0 Å². The predicted molar refractivity (Wildman–Crippen MR) is 52.4 cm³/mol. The van der Waals surface area contributed by atoms with Crippen LogP contribution in [0.2, 0.25) is 0 Å². The van der Waals surface area contributed by atoms with Gasteiger partial charge in [-0.3, -0.25) is 0 Å². The zero-order valence-corrected chi connectivity index (χ0v) is 8.21. The minimum Gasteiger partial charge on any atom is -0.331 e. The van der Waals surface area contributed by atoms with Crippen LogP contribution in [-0.2, 0) is 25.9 Å². The lowest BCUT2D eigenvalue weighted by Crippen LogP contribution is -2.06. The molecule has 2 rings (SSSR count). The summed E-state index contributed by atoms with van der Waals surface area (Å²) < 4.78 is 2.31. The van der Waals surface area contributed by atoms with E-state index in [1.165, 1.54) is 30.7 Å². The first kappa shape index (κ1) is 8.75. The van der Waals surface area contributed by atoms with Crippen molar-refractivity contribution in [2.75, 3.05) is 0 Å². The molecule has 0 amide bonds. The van der Waals surface area contributed by atoms with Crippen LogP contribution in [0.5, 0.6) is 0 Å². The highest BCUT2D eigenvalue weighted by Crippen LogP contribution is 2.21. The number of nitrogens with two attached hydrogens (primary N) is 1. The third-order valence-electron chi connectivity index (χ3n) is 2.70. The van der Waals surface area contributed by atoms with Crippen molar-refractivity contribution >= 4 is 0 Å². The molecule has 0 atom stereocenters. The number of nitrogens with zero attached hydrogens (tertiary/aromatic N) is 2. The number of aromatic nitrogens is 2. The molecule has 1 aromatic heterocycles. The predicted octanol–water partition coefficient (Wildman–Crippen LogP) is 1.24. The molecule has 0 aromatic carbocycles. The fourth-order valence-electron chi connectivity index (χ4n) is 2.13. The molecule has 1 aromatic rings. The van der Waals surface area contributed by atoms with Crippen LogP contribution in [0.4, 0.5) is 0 Å². The van der Waals surface area contributed by atoms with E-state index in [-0.39, 0.29) is 0 Å². The molecule has 0 saturated carbocycles. The minimum atomic E-state index is 0.580. The minimum absolute atomic E-state index is 0.580. The van der Waals surface area contributed by atoms with Crippen LogP contribution in [0.3, 0.4) is 0 Å². The van der Waals surface area contributed by atoms with Crippen molar-refractivity contribution in [1.82, 2.24) is 9.55 Å². The smallest absolute Gasteiger partial charge is 0.122 e. The highest BCUT2D eigenvalue weighted by Gasteiger charge is 2.19. The Morgan fingerprint density at radius 3 is 3.08 bits per heavy atom. The highest BCUT2D eigenvalue weighted by molar-refractivity contribution is 5.20. The molecule has 0 aliphatic carbocycles. The van der Waals surface area contributed by atoms with Gasteiger partial charge < -0.3 is 10.3 Å². The van der Waals surface area contributed by atoms with Crippen LogP contribution < -0.4 is 5.73 Å². The number of imidazole rings is 1. The summed E-state index contributed by atoms with van der Waals surface area (Å²) in [5.41, 5.74) is 8.39. The van der Waals surface area contributed by atoms with E-state index in [0.29, 0.717) is 6.54 Å². The van der Waals surface area contributed by atoms with Gasteiger partial charge in [0.2, 0.25) is 0 Å². The molecule has 0 unspecified atom stereocenters. The Balaban J connectivity index is 2.36. The molecular weight excluding hydrogens is 162 g/mol. The molecule has 0 bridgehead atoms. The van der Waals surface area contributed by atoms with E-state index in [9.17, 15) is 0 Å². The fourth-order valence-corrected chi connectivity index (χ4v) is 2.13. The summed E-state index contributed by atoms with van der Waals surface area (Å²) in [5.74, 6) is 1.08. The Kier molecular flexibility index (Phi) is 2.36. The first-order valence-electron chi connectivity index (χ1n) is 5.14. The van der Waals surface area contributed by atoms with E-state index in [4.69, 9.17) is 5.73 Å². The molecule has 0 radical (unpaired) electrons. The normalized spacial score (nSPS) is 14.9. The monoisotopic (exact) mass is 179 g/mol. The van der Waals surface area contributed by atoms with Crippen molar-refractivity contribution < 1.29 is 0 Å². The average molecular weight is 179 g/mol. The Hall–Kier alpha value is -0.830. The summed E-state index contributed by atoms with van der Waals surface area (Å²) in [6.07, 6.45) is 4.74. The molecule has 1 aliphatic heterocycles. The Bertz CT molecular complexity index is 301. The van der Waals surface area contributed by atoms with Gasteiger partial charge in [0.1, 0.15) is 5.82 Å². The zero-order chi connectivity index (χ0) is 9.26. The molecule has 1 aliphatic rings.